The number of nitrogens with zero attached hydrogens (tertiary/aromatic N) is 1. The summed E-state index contributed by atoms with van der Waals surface area (Å²) >= 11 is 5.80. The Balaban J connectivity index is 2.06. The van der Waals surface area contributed by atoms with Gasteiger partial charge in [-0.15, -0.1) is 0 Å². The fourth-order valence-corrected chi connectivity index (χ4v) is 1.89. The summed E-state index contributed by atoms with van der Waals surface area (Å²) in [4.78, 5) is 15.6. The number of benzene rings is 1. The van der Waals surface area contributed by atoms with Gasteiger partial charge >= 0.3 is 6.18 Å². The van der Waals surface area contributed by atoms with Crippen LogP contribution in [0.4, 0.5) is 13.2 Å². The fraction of sp³-hybridized carbons (Fsp3) is 0.143. The number of nitrogens with one attached hydrogen (secondary N) is 1. The molecule has 2 aromatic rings. The predicted octanol–water partition coefficient (Wildman–Crippen LogP) is 3.68. The number of amides is 1. The molecule has 0 atom stereocenters. The average Bonchev–Trinajstić information content (AvgIpc) is 2.45. The molecule has 7 heteroatoms. The first-order valence-corrected chi connectivity index (χ1v) is 6.29. The number of carbonyl (C=O) groups is 1. The van der Waals surface area contributed by atoms with Crippen molar-refractivity contribution in [2.45, 2.75) is 12.7 Å². The molecule has 0 aliphatic carbocycles. The maximum absolute atomic E-state index is 12.5. The van der Waals surface area contributed by atoms with Gasteiger partial charge < -0.3 is 5.32 Å². The molecule has 0 fully saturated rings. The number of carbonyl (C=O) groups excluding carboxylic acids is 1. The third-order valence-corrected chi connectivity index (χ3v) is 3.10. The van der Waals surface area contributed by atoms with Crippen molar-refractivity contribution in [2.24, 2.45) is 0 Å². The van der Waals surface area contributed by atoms with Crippen LogP contribution >= 0.6 is 11.6 Å². The maximum atomic E-state index is 12.5. The molecule has 3 nitrogen and oxygen atoms in total. The standard InChI is InChI=1S/C14H10ClF3N2O/c15-12-6-11(14(16,17)18)4-3-9(12)8-20-13(21)10-2-1-5-19-7-10/h1-7H,8H2,(H,20,21). The molecule has 110 valence electrons. The smallest absolute Gasteiger partial charge is 0.348 e. The Labute approximate surface area is 123 Å². The molecule has 0 saturated carbocycles. The zero-order chi connectivity index (χ0) is 15.5. The average molecular weight is 315 g/mol. The molecule has 1 aromatic carbocycles. The highest BCUT2D eigenvalue weighted by molar-refractivity contribution is 6.31. The lowest BCUT2D eigenvalue weighted by Gasteiger charge is -2.10. The summed E-state index contributed by atoms with van der Waals surface area (Å²) in [6, 6.07) is 6.20. The Hall–Kier alpha value is -2.08. The summed E-state index contributed by atoms with van der Waals surface area (Å²) < 4.78 is 37.5. The van der Waals surface area contributed by atoms with Gasteiger partial charge in [0.05, 0.1) is 11.1 Å². The van der Waals surface area contributed by atoms with Crippen LogP contribution in [0.2, 0.25) is 5.02 Å². The van der Waals surface area contributed by atoms with Gasteiger partial charge in [0.25, 0.3) is 5.91 Å². The Morgan fingerprint density at radius 3 is 2.62 bits per heavy atom. The highest BCUT2D eigenvalue weighted by Crippen LogP contribution is 2.32. The lowest BCUT2D eigenvalue weighted by atomic mass is 10.1. The van der Waals surface area contributed by atoms with Gasteiger partial charge in [-0.1, -0.05) is 17.7 Å². The van der Waals surface area contributed by atoms with Gasteiger partial charge in [-0.05, 0) is 29.8 Å². The Morgan fingerprint density at radius 2 is 2.05 bits per heavy atom. The summed E-state index contributed by atoms with van der Waals surface area (Å²) in [5.41, 5.74) is -0.0581. The van der Waals surface area contributed by atoms with E-state index < -0.39 is 11.7 Å². The summed E-state index contributed by atoms with van der Waals surface area (Å²) in [5.74, 6) is -0.376. The van der Waals surface area contributed by atoms with Crippen molar-refractivity contribution in [3.8, 4) is 0 Å². The summed E-state index contributed by atoms with van der Waals surface area (Å²) in [7, 11) is 0. The van der Waals surface area contributed by atoms with Gasteiger partial charge in [0.15, 0.2) is 0 Å². The molecule has 0 saturated heterocycles. The number of halogens is 4. The van der Waals surface area contributed by atoms with E-state index in [1.54, 1.807) is 12.1 Å². The minimum atomic E-state index is -4.44. The van der Waals surface area contributed by atoms with Crippen molar-refractivity contribution in [3.63, 3.8) is 0 Å². The van der Waals surface area contributed by atoms with Crippen LogP contribution in [0, 0.1) is 0 Å². The van der Waals surface area contributed by atoms with Crippen molar-refractivity contribution >= 4 is 17.5 Å². The first kappa shape index (κ1) is 15.3. The van der Waals surface area contributed by atoms with Crippen molar-refractivity contribution in [2.75, 3.05) is 0 Å². The minimum absolute atomic E-state index is 0.0324. The first-order chi connectivity index (χ1) is 9.88. The van der Waals surface area contributed by atoms with Crippen LogP contribution in [0.3, 0.4) is 0 Å². The molecular weight excluding hydrogens is 305 g/mol. The Bertz CT molecular complexity index is 644. The number of aromatic nitrogens is 1. The van der Waals surface area contributed by atoms with Gasteiger partial charge in [0.1, 0.15) is 0 Å². The Morgan fingerprint density at radius 1 is 1.29 bits per heavy atom. The molecule has 0 unspecified atom stereocenters. The van der Waals surface area contributed by atoms with Crippen molar-refractivity contribution in [1.29, 1.82) is 0 Å². The largest absolute Gasteiger partial charge is 0.416 e. The van der Waals surface area contributed by atoms with Crippen LogP contribution in [0.1, 0.15) is 21.5 Å². The molecule has 1 N–H and O–H groups in total. The lowest BCUT2D eigenvalue weighted by Crippen LogP contribution is -2.23. The number of pyridine rings is 1. The van der Waals surface area contributed by atoms with Crippen molar-refractivity contribution in [3.05, 3.63) is 64.4 Å². The van der Waals surface area contributed by atoms with Crippen LogP contribution in [-0.2, 0) is 12.7 Å². The van der Waals surface area contributed by atoms with Crippen LogP contribution in [0.5, 0.6) is 0 Å². The van der Waals surface area contributed by atoms with Gasteiger partial charge in [-0.3, -0.25) is 9.78 Å². The van der Waals surface area contributed by atoms with E-state index in [0.29, 0.717) is 11.1 Å². The van der Waals surface area contributed by atoms with Gasteiger partial charge in [-0.2, -0.15) is 13.2 Å². The van der Waals surface area contributed by atoms with Gasteiger partial charge in [0, 0.05) is 24.0 Å². The monoisotopic (exact) mass is 314 g/mol. The quantitative estimate of drug-likeness (QED) is 0.939. The number of hydrogen-bond acceptors (Lipinski definition) is 2. The molecule has 0 aliphatic heterocycles. The van der Waals surface area contributed by atoms with Gasteiger partial charge in [0.2, 0.25) is 0 Å². The summed E-state index contributed by atoms with van der Waals surface area (Å²) in [6.45, 7) is 0.0324. The highest BCUT2D eigenvalue weighted by Gasteiger charge is 2.30. The van der Waals surface area contributed by atoms with E-state index in [1.165, 1.54) is 18.5 Å². The van der Waals surface area contributed by atoms with Crippen LogP contribution < -0.4 is 5.32 Å². The van der Waals surface area contributed by atoms with E-state index in [4.69, 9.17) is 11.6 Å². The second-order valence-electron chi connectivity index (χ2n) is 4.23. The molecule has 0 aliphatic rings. The van der Waals surface area contributed by atoms with E-state index in [9.17, 15) is 18.0 Å². The molecular formula is C14H10ClF3N2O. The molecule has 1 aromatic heterocycles. The summed E-state index contributed by atoms with van der Waals surface area (Å²) in [6.07, 6.45) is -1.52. The second-order valence-corrected chi connectivity index (χ2v) is 4.64. The third kappa shape index (κ3) is 3.95. The van der Waals surface area contributed by atoms with E-state index in [0.717, 1.165) is 12.1 Å². The molecule has 21 heavy (non-hydrogen) atoms. The molecule has 0 radical (unpaired) electrons. The molecule has 1 heterocycles. The van der Waals surface area contributed by atoms with Crippen molar-refractivity contribution < 1.29 is 18.0 Å². The third-order valence-electron chi connectivity index (χ3n) is 2.74. The molecule has 0 bridgehead atoms. The maximum Gasteiger partial charge on any atom is 0.416 e. The SMILES string of the molecule is O=C(NCc1ccc(C(F)(F)F)cc1Cl)c1cccnc1. The van der Waals surface area contributed by atoms with E-state index in [1.807, 2.05) is 0 Å². The fourth-order valence-electron chi connectivity index (χ4n) is 1.64. The van der Waals surface area contributed by atoms with Crippen LogP contribution in [0.25, 0.3) is 0 Å². The highest BCUT2D eigenvalue weighted by atomic mass is 35.5. The number of rotatable bonds is 3. The molecule has 0 spiro atoms. The van der Waals surface area contributed by atoms with Crippen LogP contribution in [-0.4, -0.2) is 10.9 Å². The lowest BCUT2D eigenvalue weighted by molar-refractivity contribution is -0.137. The van der Waals surface area contributed by atoms with Gasteiger partial charge in [-0.25, -0.2) is 0 Å². The minimum Gasteiger partial charge on any atom is -0.348 e. The Kier molecular flexibility index (Phi) is 4.47. The summed E-state index contributed by atoms with van der Waals surface area (Å²) in [5, 5.41) is 2.52. The first-order valence-electron chi connectivity index (χ1n) is 5.92. The van der Waals surface area contributed by atoms with Crippen molar-refractivity contribution in [1.82, 2.24) is 10.3 Å². The van der Waals surface area contributed by atoms with Crippen LogP contribution in [0.15, 0.2) is 42.7 Å². The topological polar surface area (TPSA) is 42.0 Å². The number of alkyl halides is 3. The second kappa shape index (κ2) is 6.13. The predicted molar refractivity (Wildman–Crippen MR) is 71.9 cm³/mol. The zero-order valence-corrected chi connectivity index (χ0v) is 11.4. The van der Waals surface area contributed by atoms with E-state index in [-0.39, 0.29) is 17.5 Å². The normalized spacial score (nSPS) is 11.2. The molecule has 1 amide bonds. The van der Waals surface area contributed by atoms with E-state index in [2.05, 4.69) is 10.3 Å². The molecule has 2 rings (SSSR count). The number of hydrogen-bond donors (Lipinski definition) is 1. The van der Waals surface area contributed by atoms with E-state index >= 15 is 0 Å². The zero-order valence-electron chi connectivity index (χ0n) is 10.6.